The van der Waals surface area contributed by atoms with Gasteiger partial charge in [0, 0.05) is 18.7 Å². The Bertz CT molecular complexity index is 1030. The Morgan fingerprint density at radius 2 is 1.92 bits per heavy atom. The van der Waals surface area contributed by atoms with Crippen LogP contribution in [0.25, 0.3) is 11.1 Å². The summed E-state index contributed by atoms with van der Waals surface area (Å²) in [4.78, 5) is 30.3. The van der Waals surface area contributed by atoms with Gasteiger partial charge in [0.25, 0.3) is 11.5 Å². The molecule has 3 rings (SSSR count). The quantitative estimate of drug-likeness (QED) is 0.759. The first kappa shape index (κ1) is 17.9. The van der Waals surface area contributed by atoms with Gasteiger partial charge in [-0.1, -0.05) is 32.0 Å². The Kier molecular flexibility index (Phi) is 4.93. The van der Waals surface area contributed by atoms with E-state index in [9.17, 15) is 9.59 Å². The zero-order chi connectivity index (χ0) is 18.8. The number of anilines is 1. The lowest BCUT2D eigenvalue weighted by atomic mass is 10.1. The fourth-order valence-electron chi connectivity index (χ4n) is 3.24. The van der Waals surface area contributed by atoms with Gasteiger partial charge in [0.2, 0.25) is 5.71 Å². The van der Waals surface area contributed by atoms with Crippen LogP contribution in [0.5, 0.6) is 0 Å². The summed E-state index contributed by atoms with van der Waals surface area (Å²) < 4.78 is 7.24. The number of rotatable bonds is 5. The van der Waals surface area contributed by atoms with Crippen LogP contribution in [0, 0.1) is 6.92 Å². The van der Waals surface area contributed by atoms with Gasteiger partial charge in [-0.25, -0.2) is 0 Å². The van der Waals surface area contributed by atoms with E-state index in [0.717, 1.165) is 17.7 Å². The molecule has 1 N–H and O–H groups in total. The molecule has 26 heavy (non-hydrogen) atoms. The predicted molar refractivity (Wildman–Crippen MR) is 102 cm³/mol. The second-order valence-corrected chi connectivity index (χ2v) is 6.11. The number of hydrogen-bond acceptors (Lipinski definition) is 4. The molecule has 1 aromatic carbocycles. The van der Waals surface area contributed by atoms with E-state index >= 15 is 0 Å². The van der Waals surface area contributed by atoms with Crippen molar-refractivity contribution in [2.45, 2.75) is 47.1 Å². The van der Waals surface area contributed by atoms with Crippen LogP contribution in [0.2, 0.25) is 0 Å². The van der Waals surface area contributed by atoms with Crippen LogP contribution in [0.1, 0.15) is 48.3 Å². The molecular weight excluding hydrogens is 330 g/mol. The summed E-state index contributed by atoms with van der Waals surface area (Å²) in [7, 11) is 0. The lowest BCUT2D eigenvalue weighted by Crippen LogP contribution is -2.26. The summed E-state index contributed by atoms with van der Waals surface area (Å²) in [5.41, 5.74) is 2.02. The number of carbonyl (C=O) groups excluding carboxylic acids is 1. The molecule has 2 heterocycles. The van der Waals surface area contributed by atoms with Crippen LogP contribution >= 0.6 is 0 Å². The molecule has 6 heteroatoms. The third-order valence-electron chi connectivity index (χ3n) is 4.57. The van der Waals surface area contributed by atoms with Crippen LogP contribution in [0.4, 0.5) is 5.69 Å². The highest BCUT2D eigenvalue weighted by molar-refractivity contribution is 6.12. The van der Waals surface area contributed by atoms with Gasteiger partial charge in [-0.2, -0.15) is 4.98 Å². The van der Waals surface area contributed by atoms with E-state index in [1.54, 1.807) is 11.5 Å². The van der Waals surface area contributed by atoms with Crippen molar-refractivity contribution in [3.63, 3.8) is 0 Å². The Morgan fingerprint density at radius 1 is 1.19 bits per heavy atom. The molecule has 1 amide bonds. The van der Waals surface area contributed by atoms with Crippen LogP contribution in [0.15, 0.2) is 33.5 Å². The average Bonchev–Trinajstić information content (AvgIpc) is 2.98. The van der Waals surface area contributed by atoms with E-state index in [1.807, 2.05) is 45.0 Å². The van der Waals surface area contributed by atoms with Gasteiger partial charge >= 0.3 is 0 Å². The number of aryl methyl sites for hydroxylation is 3. The summed E-state index contributed by atoms with van der Waals surface area (Å²) in [6.45, 7) is 8.03. The van der Waals surface area contributed by atoms with Gasteiger partial charge < -0.3 is 9.73 Å². The number of carbonyl (C=O) groups is 1. The highest BCUT2D eigenvalue weighted by Crippen LogP contribution is 2.24. The molecule has 0 spiro atoms. The minimum atomic E-state index is -0.354. The Morgan fingerprint density at radius 3 is 2.58 bits per heavy atom. The molecule has 0 saturated heterocycles. The van der Waals surface area contributed by atoms with Crippen LogP contribution < -0.4 is 10.9 Å². The Labute approximate surface area is 151 Å². The van der Waals surface area contributed by atoms with Crippen LogP contribution in [-0.2, 0) is 19.4 Å². The first-order valence-corrected chi connectivity index (χ1v) is 8.93. The molecule has 0 saturated carbocycles. The largest absolute Gasteiger partial charge is 0.442 e. The minimum Gasteiger partial charge on any atom is -0.442 e. The molecular formula is C20H23N3O3. The second kappa shape index (κ2) is 7.15. The number of hydrogen-bond donors (Lipinski definition) is 1. The summed E-state index contributed by atoms with van der Waals surface area (Å²) in [5, 5.41) is 3.16. The molecule has 0 aliphatic rings. The van der Waals surface area contributed by atoms with E-state index < -0.39 is 0 Å². The van der Waals surface area contributed by atoms with Gasteiger partial charge in [-0.15, -0.1) is 0 Å². The lowest BCUT2D eigenvalue weighted by molar-refractivity contribution is 0.102. The van der Waals surface area contributed by atoms with Crippen molar-refractivity contribution in [3.8, 4) is 0 Å². The van der Waals surface area contributed by atoms with Crippen molar-refractivity contribution < 1.29 is 9.21 Å². The number of furan rings is 1. The summed E-state index contributed by atoms with van der Waals surface area (Å²) in [6.07, 6.45) is 1.41. The molecule has 0 fully saturated rings. The van der Waals surface area contributed by atoms with Crippen molar-refractivity contribution in [1.29, 1.82) is 0 Å². The summed E-state index contributed by atoms with van der Waals surface area (Å²) >= 11 is 0. The van der Waals surface area contributed by atoms with Gasteiger partial charge in [0.1, 0.15) is 17.0 Å². The third kappa shape index (κ3) is 2.92. The molecule has 0 radical (unpaired) electrons. The summed E-state index contributed by atoms with van der Waals surface area (Å²) in [6, 6.07) is 7.62. The number of amides is 1. The number of nitrogens with zero attached hydrogens (tertiary/aromatic N) is 2. The van der Waals surface area contributed by atoms with E-state index in [2.05, 4.69) is 10.3 Å². The smallest absolute Gasteiger partial charge is 0.265 e. The van der Waals surface area contributed by atoms with E-state index in [4.69, 9.17) is 4.42 Å². The molecule has 0 atom stereocenters. The predicted octanol–water partition coefficient (Wildman–Crippen LogP) is 3.69. The molecule has 0 aliphatic carbocycles. The van der Waals surface area contributed by atoms with Gasteiger partial charge in [-0.3, -0.25) is 14.2 Å². The first-order chi connectivity index (χ1) is 12.5. The molecule has 3 aromatic rings. The van der Waals surface area contributed by atoms with Gasteiger partial charge in [0.05, 0.1) is 5.56 Å². The number of benzene rings is 1. The highest BCUT2D eigenvalue weighted by atomic mass is 16.3. The molecule has 136 valence electrons. The normalized spacial score (nSPS) is 11.1. The number of nitrogens with one attached hydrogen (secondary N) is 1. The van der Waals surface area contributed by atoms with Gasteiger partial charge in [0.15, 0.2) is 0 Å². The average molecular weight is 353 g/mol. The van der Waals surface area contributed by atoms with Gasteiger partial charge in [-0.05, 0) is 31.9 Å². The van der Waals surface area contributed by atoms with E-state index in [1.165, 1.54) is 0 Å². The number of aromatic nitrogens is 2. The molecule has 2 aromatic heterocycles. The molecule has 0 bridgehead atoms. The Hall–Kier alpha value is -2.89. The summed E-state index contributed by atoms with van der Waals surface area (Å²) in [5.74, 6) is 0.696. The van der Waals surface area contributed by atoms with Crippen molar-refractivity contribution in [3.05, 3.63) is 57.3 Å². The fraction of sp³-hybridized carbons (Fsp3) is 0.350. The molecule has 0 aliphatic heterocycles. The SMILES string of the molecule is CCc1ccccc1NC(=O)c1c(C)oc2nc(CC)n(CC)c(=O)c12. The van der Waals surface area contributed by atoms with Crippen molar-refractivity contribution >= 4 is 22.7 Å². The van der Waals surface area contributed by atoms with E-state index in [0.29, 0.717) is 24.6 Å². The maximum Gasteiger partial charge on any atom is 0.265 e. The maximum absolute atomic E-state index is 12.9. The van der Waals surface area contributed by atoms with Crippen molar-refractivity contribution in [2.24, 2.45) is 0 Å². The zero-order valence-electron chi connectivity index (χ0n) is 15.5. The molecule has 0 unspecified atom stereocenters. The maximum atomic E-state index is 12.9. The minimum absolute atomic E-state index is 0.225. The lowest BCUT2D eigenvalue weighted by Gasteiger charge is -2.10. The fourth-order valence-corrected chi connectivity index (χ4v) is 3.24. The first-order valence-electron chi connectivity index (χ1n) is 8.93. The number of fused-ring (bicyclic) bond motifs is 1. The number of para-hydroxylation sites is 1. The van der Waals surface area contributed by atoms with Crippen LogP contribution in [0.3, 0.4) is 0 Å². The Balaban J connectivity index is 2.14. The topological polar surface area (TPSA) is 77.1 Å². The molecule has 6 nitrogen and oxygen atoms in total. The van der Waals surface area contributed by atoms with E-state index in [-0.39, 0.29) is 28.1 Å². The third-order valence-corrected chi connectivity index (χ3v) is 4.57. The standard InChI is InChI=1S/C20H23N3O3/c1-5-13-10-8-9-11-14(13)21-18(24)16-12(4)26-19-17(16)20(25)23(7-3)15(6-2)22-19/h8-11H,5-7H2,1-4H3,(H,21,24). The zero-order valence-corrected chi connectivity index (χ0v) is 15.5. The second-order valence-electron chi connectivity index (χ2n) is 6.11. The monoisotopic (exact) mass is 353 g/mol. The van der Waals surface area contributed by atoms with Crippen molar-refractivity contribution in [1.82, 2.24) is 9.55 Å². The highest BCUT2D eigenvalue weighted by Gasteiger charge is 2.24. The van der Waals surface area contributed by atoms with Crippen molar-refractivity contribution in [2.75, 3.05) is 5.32 Å². The van der Waals surface area contributed by atoms with Crippen LogP contribution in [-0.4, -0.2) is 15.5 Å².